The summed E-state index contributed by atoms with van der Waals surface area (Å²) in [6.07, 6.45) is 4.06. The van der Waals surface area contributed by atoms with Gasteiger partial charge in [0, 0.05) is 0 Å². The van der Waals surface area contributed by atoms with Crippen LogP contribution in [0.4, 0.5) is 0 Å². The highest BCUT2D eigenvalue weighted by Crippen LogP contribution is 2.28. The fourth-order valence-electron chi connectivity index (χ4n) is 1.48. The second-order valence-electron chi connectivity index (χ2n) is 3.83. The van der Waals surface area contributed by atoms with Crippen LogP contribution >= 0.6 is 0 Å². The van der Waals surface area contributed by atoms with Crippen LogP contribution in [-0.4, -0.2) is 6.10 Å². The molecule has 13 heavy (non-hydrogen) atoms. The molecule has 1 aliphatic rings. The van der Waals surface area contributed by atoms with E-state index in [9.17, 15) is 0 Å². The summed E-state index contributed by atoms with van der Waals surface area (Å²) < 4.78 is 5.75. The van der Waals surface area contributed by atoms with Crippen molar-refractivity contribution in [2.24, 2.45) is 0 Å². The van der Waals surface area contributed by atoms with E-state index in [4.69, 9.17) is 4.74 Å². The average molecular weight is 176 g/mol. The molecule has 1 nitrogen and oxygen atoms in total. The lowest BCUT2D eigenvalue weighted by molar-refractivity contribution is 0.303. The van der Waals surface area contributed by atoms with Crippen molar-refractivity contribution >= 4 is 0 Å². The standard InChI is InChI=1S/C12H16O/c1-3-10-6-9(2)7-12(8-10)13-11-4-5-11/h6-8,11H,3-5H2,1-2H3. The van der Waals surface area contributed by atoms with Crippen LogP contribution in [0.2, 0.25) is 0 Å². The minimum Gasteiger partial charge on any atom is -0.490 e. The number of rotatable bonds is 3. The highest BCUT2D eigenvalue weighted by atomic mass is 16.5. The lowest BCUT2D eigenvalue weighted by Gasteiger charge is -2.07. The summed E-state index contributed by atoms with van der Waals surface area (Å²) in [5.41, 5.74) is 2.67. The van der Waals surface area contributed by atoms with Crippen LogP contribution in [0.5, 0.6) is 5.75 Å². The molecule has 0 atom stereocenters. The van der Waals surface area contributed by atoms with Crippen LogP contribution in [-0.2, 0) is 6.42 Å². The summed E-state index contributed by atoms with van der Waals surface area (Å²) in [6, 6.07) is 6.50. The minimum atomic E-state index is 0.506. The van der Waals surface area contributed by atoms with Crippen molar-refractivity contribution in [3.8, 4) is 5.75 Å². The highest BCUT2D eigenvalue weighted by Gasteiger charge is 2.23. The van der Waals surface area contributed by atoms with E-state index in [0.717, 1.165) is 12.2 Å². The Kier molecular flexibility index (Phi) is 2.26. The van der Waals surface area contributed by atoms with Crippen molar-refractivity contribution < 1.29 is 4.74 Å². The first-order valence-electron chi connectivity index (χ1n) is 5.05. The molecule has 1 aliphatic carbocycles. The number of aryl methyl sites for hydroxylation is 2. The number of hydrogen-bond acceptors (Lipinski definition) is 1. The molecule has 1 fully saturated rings. The number of benzene rings is 1. The van der Waals surface area contributed by atoms with Gasteiger partial charge in [-0.1, -0.05) is 13.0 Å². The van der Waals surface area contributed by atoms with Gasteiger partial charge >= 0.3 is 0 Å². The van der Waals surface area contributed by atoms with Crippen LogP contribution in [0, 0.1) is 6.92 Å². The third-order valence-corrected chi connectivity index (χ3v) is 2.35. The molecule has 0 spiro atoms. The van der Waals surface area contributed by atoms with Crippen molar-refractivity contribution in [2.45, 2.75) is 39.2 Å². The third-order valence-electron chi connectivity index (χ3n) is 2.35. The van der Waals surface area contributed by atoms with Gasteiger partial charge in [0.05, 0.1) is 6.10 Å². The molecule has 2 rings (SSSR count). The molecule has 1 aromatic carbocycles. The highest BCUT2D eigenvalue weighted by molar-refractivity contribution is 5.34. The molecule has 0 amide bonds. The van der Waals surface area contributed by atoms with Gasteiger partial charge in [0.25, 0.3) is 0 Å². The van der Waals surface area contributed by atoms with Gasteiger partial charge in [-0.2, -0.15) is 0 Å². The second kappa shape index (κ2) is 3.41. The maximum Gasteiger partial charge on any atom is 0.120 e. The zero-order chi connectivity index (χ0) is 9.26. The fourth-order valence-corrected chi connectivity index (χ4v) is 1.48. The molecule has 0 aromatic heterocycles. The zero-order valence-electron chi connectivity index (χ0n) is 8.34. The van der Waals surface area contributed by atoms with Crippen LogP contribution in [0.15, 0.2) is 18.2 Å². The number of ether oxygens (including phenoxy) is 1. The lowest BCUT2D eigenvalue weighted by Crippen LogP contribution is -1.97. The Morgan fingerprint density at radius 1 is 1.31 bits per heavy atom. The largest absolute Gasteiger partial charge is 0.490 e. The van der Waals surface area contributed by atoms with Crippen LogP contribution in [0.1, 0.15) is 30.9 Å². The van der Waals surface area contributed by atoms with Crippen molar-refractivity contribution in [3.63, 3.8) is 0 Å². The number of hydrogen-bond donors (Lipinski definition) is 0. The average Bonchev–Trinajstić information content (AvgIpc) is 2.87. The van der Waals surface area contributed by atoms with E-state index in [1.165, 1.54) is 24.0 Å². The molecule has 1 aromatic rings. The molecule has 70 valence electrons. The van der Waals surface area contributed by atoms with E-state index in [1.807, 2.05) is 0 Å². The van der Waals surface area contributed by atoms with Crippen LogP contribution in [0.3, 0.4) is 0 Å². The molecule has 0 heterocycles. The molecule has 0 aliphatic heterocycles. The molecule has 1 heteroatoms. The first-order chi connectivity index (χ1) is 6.28. The first-order valence-corrected chi connectivity index (χ1v) is 5.05. The summed E-state index contributed by atoms with van der Waals surface area (Å²) in [7, 11) is 0. The van der Waals surface area contributed by atoms with Gasteiger partial charge in [0.15, 0.2) is 0 Å². The minimum absolute atomic E-state index is 0.506. The second-order valence-corrected chi connectivity index (χ2v) is 3.83. The molecular weight excluding hydrogens is 160 g/mol. The molecule has 0 N–H and O–H groups in total. The third kappa shape index (κ3) is 2.24. The summed E-state index contributed by atoms with van der Waals surface area (Å²) in [6.45, 7) is 4.30. The van der Waals surface area contributed by atoms with Crippen LogP contribution in [0.25, 0.3) is 0 Å². The van der Waals surface area contributed by atoms with Gasteiger partial charge in [-0.05, 0) is 49.4 Å². The smallest absolute Gasteiger partial charge is 0.120 e. The quantitative estimate of drug-likeness (QED) is 0.687. The van der Waals surface area contributed by atoms with Crippen molar-refractivity contribution in [2.75, 3.05) is 0 Å². The maximum atomic E-state index is 5.75. The molecule has 0 bridgehead atoms. The fraction of sp³-hybridized carbons (Fsp3) is 0.500. The van der Waals surface area contributed by atoms with Gasteiger partial charge in [-0.15, -0.1) is 0 Å². The lowest BCUT2D eigenvalue weighted by atomic mass is 10.1. The predicted octanol–water partition coefficient (Wildman–Crippen LogP) is 3.10. The van der Waals surface area contributed by atoms with E-state index >= 15 is 0 Å². The van der Waals surface area contributed by atoms with Crippen LogP contribution < -0.4 is 4.74 Å². The van der Waals surface area contributed by atoms with E-state index in [0.29, 0.717) is 6.10 Å². The summed E-state index contributed by atoms with van der Waals surface area (Å²) in [4.78, 5) is 0. The summed E-state index contributed by atoms with van der Waals surface area (Å²) >= 11 is 0. The summed E-state index contributed by atoms with van der Waals surface area (Å²) in [5.74, 6) is 1.05. The Hall–Kier alpha value is -0.980. The topological polar surface area (TPSA) is 9.23 Å². The van der Waals surface area contributed by atoms with Gasteiger partial charge < -0.3 is 4.74 Å². The normalized spacial score (nSPS) is 15.8. The molecular formula is C12H16O. The zero-order valence-corrected chi connectivity index (χ0v) is 8.34. The van der Waals surface area contributed by atoms with Gasteiger partial charge in [-0.25, -0.2) is 0 Å². The van der Waals surface area contributed by atoms with Crippen molar-refractivity contribution in [3.05, 3.63) is 29.3 Å². The molecule has 0 saturated heterocycles. The molecule has 0 unspecified atom stereocenters. The Balaban J connectivity index is 2.17. The first kappa shape index (κ1) is 8.61. The summed E-state index contributed by atoms with van der Waals surface area (Å²) in [5, 5.41) is 0. The molecule has 0 radical (unpaired) electrons. The van der Waals surface area contributed by atoms with E-state index in [2.05, 4.69) is 32.0 Å². The Labute approximate surface area is 79.7 Å². The Morgan fingerprint density at radius 2 is 2.08 bits per heavy atom. The van der Waals surface area contributed by atoms with E-state index in [1.54, 1.807) is 0 Å². The Morgan fingerprint density at radius 3 is 2.69 bits per heavy atom. The maximum absolute atomic E-state index is 5.75. The van der Waals surface area contributed by atoms with E-state index < -0.39 is 0 Å². The monoisotopic (exact) mass is 176 g/mol. The SMILES string of the molecule is CCc1cc(C)cc(OC2CC2)c1. The Bertz CT molecular complexity index is 300. The van der Waals surface area contributed by atoms with Gasteiger partial charge in [0.1, 0.15) is 5.75 Å². The van der Waals surface area contributed by atoms with Crippen molar-refractivity contribution in [1.82, 2.24) is 0 Å². The predicted molar refractivity (Wildman–Crippen MR) is 54.2 cm³/mol. The van der Waals surface area contributed by atoms with Crippen molar-refractivity contribution in [1.29, 1.82) is 0 Å². The molecule has 1 saturated carbocycles. The van der Waals surface area contributed by atoms with Gasteiger partial charge in [0.2, 0.25) is 0 Å². The van der Waals surface area contributed by atoms with E-state index in [-0.39, 0.29) is 0 Å². The van der Waals surface area contributed by atoms with Gasteiger partial charge in [-0.3, -0.25) is 0 Å².